The normalized spacial score (nSPS) is 11.7. The van der Waals surface area contributed by atoms with Crippen LogP contribution < -0.4 is 9.80 Å². The molecule has 2 heterocycles. The van der Waals surface area contributed by atoms with E-state index in [1.54, 1.807) is 0 Å². The first-order valence-electron chi connectivity index (χ1n) is 28.0. The molecule has 0 amide bonds. The number of nitrogens with zero attached hydrogens (tertiary/aromatic N) is 2. The lowest BCUT2D eigenvalue weighted by Crippen LogP contribution is -2.13. The summed E-state index contributed by atoms with van der Waals surface area (Å²) in [4.78, 5) is 4.89. The zero-order chi connectivity index (χ0) is 54.1. The number of para-hydroxylation sites is 4. The first-order valence-corrected chi connectivity index (χ1v) is 28.0. The van der Waals surface area contributed by atoms with Gasteiger partial charge >= 0.3 is 0 Å². The van der Waals surface area contributed by atoms with Crippen molar-refractivity contribution >= 4 is 110 Å². The molecule has 0 fully saturated rings. The highest BCUT2D eigenvalue weighted by Crippen LogP contribution is 2.52. The number of furan rings is 2. The summed E-state index contributed by atoms with van der Waals surface area (Å²) >= 11 is 0. The minimum atomic E-state index is 0.822. The van der Waals surface area contributed by atoms with Crippen molar-refractivity contribution < 1.29 is 8.83 Å². The van der Waals surface area contributed by atoms with Gasteiger partial charge in [0, 0.05) is 43.7 Å². The van der Waals surface area contributed by atoms with Gasteiger partial charge in [0.2, 0.25) is 0 Å². The zero-order valence-electron chi connectivity index (χ0n) is 44.6. The molecule has 0 bridgehead atoms. The summed E-state index contributed by atoms with van der Waals surface area (Å²) in [6.45, 7) is 0. The van der Waals surface area contributed by atoms with E-state index in [0.717, 1.165) is 155 Å². The summed E-state index contributed by atoms with van der Waals surface area (Å²) in [6, 6.07) is 109. The first kappa shape index (κ1) is 47.1. The molecule has 82 heavy (non-hydrogen) atoms. The van der Waals surface area contributed by atoms with E-state index >= 15 is 0 Å². The molecule has 4 nitrogen and oxygen atoms in total. The Morgan fingerprint density at radius 3 is 0.829 bits per heavy atom. The van der Waals surface area contributed by atoms with Gasteiger partial charge in [-0.2, -0.15) is 0 Å². The maximum Gasteiger partial charge on any atom is 0.159 e. The lowest BCUT2D eigenvalue weighted by atomic mass is 9.92. The highest BCUT2D eigenvalue weighted by molar-refractivity contribution is 6.26. The summed E-state index contributed by atoms with van der Waals surface area (Å²) in [5.74, 6) is 0. The van der Waals surface area contributed by atoms with Crippen molar-refractivity contribution in [2.24, 2.45) is 0 Å². The van der Waals surface area contributed by atoms with Gasteiger partial charge in [-0.1, -0.05) is 231 Å². The lowest BCUT2D eigenvalue weighted by molar-refractivity contribution is 0.669. The lowest BCUT2D eigenvalue weighted by Gasteiger charge is -2.30. The van der Waals surface area contributed by atoms with Crippen molar-refractivity contribution in [3.05, 3.63) is 303 Å². The largest absolute Gasteiger partial charge is 0.454 e. The van der Waals surface area contributed by atoms with Crippen LogP contribution in [0, 0.1) is 0 Å². The van der Waals surface area contributed by atoms with Crippen molar-refractivity contribution in [1.82, 2.24) is 0 Å². The molecular formula is C78H50N2O2. The van der Waals surface area contributed by atoms with Crippen LogP contribution in [0.3, 0.4) is 0 Å². The maximum atomic E-state index is 7.00. The van der Waals surface area contributed by atoms with Crippen LogP contribution in [0.4, 0.5) is 34.1 Å². The van der Waals surface area contributed by atoms with Gasteiger partial charge in [0.05, 0.1) is 22.7 Å². The third kappa shape index (κ3) is 7.91. The summed E-state index contributed by atoms with van der Waals surface area (Å²) < 4.78 is 14.0. The number of hydrogen-bond acceptors (Lipinski definition) is 4. The van der Waals surface area contributed by atoms with Crippen molar-refractivity contribution in [2.75, 3.05) is 9.80 Å². The predicted octanol–water partition coefficient (Wildman–Crippen LogP) is 22.6. The van der Waals surface area contributed by atoms with Crippen LogP contribution in [0.25, 0.3) is 121 Å². The number of fused-ring (bicyclic) bond motifs is 11. The van der Waals surface area contributed by atoms with Gasteiger partial charge in [0.1, 0.15) is 11.2 Å². The van der Waals surface area contributed by atoms with Crippen molar-refractivity contribution in [3.63, 3.8) is 0 Å². The molecule has 4 heteroatoms. The van der Waals surface area contributed by atoms with Crippen molar-refractivity contribution in [1.29, 1.82) is 0 Å². The molecule has 0 N–H and O–H groups in total. The number of hydrogen-bond donors (Lipinski definition) is 0. The molecule has 0 spiro atoms. The fourth-order valence-electron chi connectivity index (χ4n) is 12.6. The van der Waals surface area contributed by atoms with E-state index in [0.29, 0.717) is 0 Å². The second-order valence-corrected chi connectivity index (χ2v) is 21.2. The molecule has 0 saturated carbocycles. The molecule has 0 aliphatic heterocycles. The predicted molar refractivity (Wildman–Crippen MR) is 345 cm³/mol. The zero-order valence-corrected chi connectivity index (χ0v) is 44.6. The summed E-state index contributed by atoms with van der Waals surface area (Å²) in [5.41, 5.74) is 18.3. The van der Waals surface area contributed by atoms with Gasteiger partial charge in [-0.15, -0.1) is 0 Å². The third-order valence-electron chi connectivity index (χ3n) is 16.3. The molecule has 384 valence electrons. The van der Waals surface area contributed by atoms with Gasteiger partial charge in [-0.3, -0.25) is 0 Å². The molecule has 0 atom stereocenters. The van der Waals surface area contributed by atoms with E-state index in [-0.39, 0.29) is 0 Å². The first-order chi connectivity index (χ1) is 40.7. The number of benzene rings is 14. The van der Waals surface area contributed by atoms with Gasteiger partial charge in [0.15, 0.2) is 11.2 Å². The summed E-state index contributed by atoms with van der Waals surface area (Å²) in [5, 5.41) is 11.0. The Morgan fingerprint density at radius 1 is 0.183 bits per heavy atom. The van der Waals surface area contributed by atoms with E-state index < -0.39 is 0 Å². The molecular weight excluding hydrogens is 997 g/mol. The van der Waals surface area contributed by atoms with Crippen LogP contribution in [-0.2, 0) is 0 Å². The highest BCUT2D eigenvalue weighted by Gasteiger charge is 2.27. The highest BCUT2D eigenvalue weighted by atomic mass is 16.3. The standard InChI is InChI=1S/C78H50N2O2/c1-5-23-51(24-6-1)55-43-56(52-25-7-2-8-26-52)46-59(45-55)79(71-39-21-37-67-65-35-17-19-41-75(65)81-77(67)71)73-49-69-62-32-14-16-34-64(62)74(50-70(69)61-31-13-15-33-63(61)73)80(72-40-22-38-68-66-36-18-20-42-76(66)82-78(68)72)60-47-57(53-27-9-3-10-28-53)44-58(48-60)54-29-11-4-12-30-54/h1-50H. The van der Waals surface area contributed by atoms with Crippen LogP contribution in [0.1, 0.15) is 0 Å². The molecule has 0 aliphatic rings. The van der Waals surface area contributed by atoms with E-state index in [1.807, 2.05) is 12.1 Å². The van der Waals surface area contributed by atoms with Crippen LogP contribution >= 0.6 is 0 Å². The number of rotatable bonds is 10. The van der Waals surface area contributed by atoms with Gasteiger partial charge < -0.3 is 18.6 Å². The smallest absolute Gasteiger partial charge is 0.159 e. The van der Waals surface area contributed by atoms with Crippen molar-refractivity contribution in [2.45, 2.75) is 0 Å². The quantitative estimate of drug-likeness (QED) is 0.128. The Balaban J connectivity index is 1.01. The molecule has 16 rings (SSSR count). The van der Waals surface area contributed by atoms with Crippen molar-refractivity contribution in [3.8, 4) is 44.5 Å². The average molecular weight is 1050 g/mol. The summed E-state index contributed by atoms with van der Waals surface area (Å²) in [6.07, 6.45) is 0. The Bertz CT molecular complexity index is 4670. The Kier molecular flexibility index (Phi) is 11.2. The average Bonchev–Trinajstić information content (AvgIpc) is 4.08. The van der Waals surface area contributed by atoms with Gasteiger partial charge in [0.25, 0.3) is 0 Å². The van der Waals surface area contributed by atoms with Gasteiger partial charge in [-0.05, 0) is 139 Å². The molecule has 16 aromatic rings. The fourth-order valence-corrected chi connectivity index (χ4v) is 12.6. The van der Waals surface area contributed by atoms with Crippen LogP contribution in [-0.4, -0.2) is 0 Å². The van der Waals surface area contributed by atoms with E-state index in [2.05, 4.69) is 301 Å². The van der Waals surface area contributed by atoms with E-state index in [1.165, 1.54) is 0 Å². The summed E-state index contributed by atoms with van der Waals surface area (Å²) in [7, 11) is 0. The third-order valence-corrected chi connectivity index (χ3v) is 16.3. The molecule has 0 unspecified atom stereocenters. The molecule has 2 aromatic heterocycles. The Morgan fingerprint density at radius 2 is 0.476 bits per heavy atom. The molecule has 14 aromatic carbocycles. The SMILES string of the molecule is c1ccc(-c2cc(-c3ccccc3)cc(N(c3cc4c5ccccc5c(N(c5cc(-c6ccccc6)cc(-c6ccccc6)c5)c5cccc6c5oc5ccccc56)cc4c4ccccc34)c3cccc4c3oc3ccccc34)c2)cc1. The monoisotopic (exact) mass is 1050 g/mol. The van der Waals surface area contributed by atoms with Gasteiger partial charge in [-0.25, -0.2) is 0 Å². The minimum absolute atomic E-state index is 0.822. The molecule has 0 aliphatic carbocycles. The molecule has 0 radical (unpaired) electrons. The topological polar surface area (TPSA) is 32.8 Å². The van der Waals surface area contributed by atoms with Crippen LogP contribution in [0.2, 0.25) is 0 Å². The number of anilines is 6. The maximum absolute atomic E-state index is 7.00. The molecule has 0 saturated heterocycles. The van der Waals surface area contributed by atoms with Crippen LogP contribution in [0.5, 0.6) is 0 Å². The Hall–Kier alpha value is -10.9. The van der Waals surface area contributed by atoms with E-state index in [9.17, 15) is 0 Å². The van der Waals surface area contributed by atoms with Crippen LogP contribution in [0.15, 0.2) is 312 Å². The Labute approximate surface area is 474 Å². The minimum Gasteiger partial charge on any atom is -0.454 e. The second kappa shape index (κ2) is 19.5. The fraction of sp³-hybridized carbons (Fsp3) is 0. The van der Waals surface area contributed by atoms with E-state index in [4.69, 9.17) is 8.83 Å². The second-order valence-electron chi connectivity index (χ2n) is 21.2.